The molecule has 0 bridgehead atoms. The number of carbonyl (C=O) groups is 1. The molecule has 138 valence electrons. The van der Waals surface area contributed by atoms with E-state index in [0.717, 1.165) is 23.4 Å². The molecule has 0 fully saturated rings. The number of hydrogen-bond donors (Lipinski definition) is 1. The number of hydrogen-bond acceptors (Lipinski definition) is 6. The van der Waals surface area contributed by atoms with Crippen molar-refractivity contribution in [3.05, 3.63) is 48.5 Å². The van der Waals surface area contributed by atoms with Gasteiger partial charge in [-0.3, -0.25) is 9.36 Å². The largest absolute Gasteiger partial charge is 0.490 e. The molecule has 1 aliphatic rings. The summed E-state index contributed by atoms with van der Waals surface area (Å²) in [5, 5.41) is 9.22. The number of nitrogens with zero attached hydrogens (tertiary/aromatic N) is 3. The van der Waals surface area contributed by atoms with Crippen molar-refractivity contribution in [2.45, 2.75) is 11.6 Å². The second-order valence-corrected chi connectivity index (χ2v) is 6.89. The lowest BCUT2D eigenvalue weighted by Crippen LogP contribution is -2.13. The summed E-state index contributed by atoms with van der Waals surface area (Å²) in [4.78, 5) is 11.2. The van der Waals surface area contributed by atoms with Gasteiger partial charge in [0.2, 0.25) is 5.91 Å². The molecule has 4 rings (SSSR count). The lowest BCUT2D eigenvalue weighted by molar-refractivity contribution is -0.115. The molecule has 27 heavy (non-hydrogen) atoms. The van der Waals surface area contributed by atoms with Crippen LogP contribution in [-0.2, 0) is 4.79 Å². The van der Waals surface area contributed by atoms with Gasteiger partial charge in [0.1, 0.15) is 0 Å². The Bertz CT molecular complexity index is 959. The van der Waals surface area contributed by atoms with E-state index in [1.54, 1.807) is 0 Å². The quantitative estimate of drug-likeness (QED) is 0.682. The predicted molar refractivity (Wildman–Crippen MR) is 102 cm³/mol. The van der Waals surface area contributed by atoms with Crippen molar-refractivity contribution in [3.63, 3.8) is 0 Å². The smallest absolute Gasteiger partial charge is 0.227 e. The standard InChI is InChI=1S/C19H18N4O3S/c20-17(24)12-27-19-22-21-18(23(19)14-5-2-1-3-6-14)13-7-8-15-16(11-13)26-10-4-9-25-15/h1-3,5-8,11H,4,9-10,12H2,(H2,20,24). The number of amides is 1. The van der Waals surface area contributed by atoms with Crippen LogP contribution in [0.25, 0.3) is 17.1 Å². The van der Waals surface area contributed by atoms with Gasteiger partial charge in [-0.15, -0.1) is 10.2 Å². The zero-order valence-corrected chi connectivity index (χ0v) is 15.3. The number of carbonyl (C=O) groups excluding carboxylic acids is 1. The Labute approximate surface area is 160 Å². The van der Waals surface area contributed by atoms with Gasteiger partial charge in [-0.1, -0.05) is 30.0 Å². The van der Waals surface area contributed by atoms with Gasteiger partial charge in [-0.25, -0.2) is 0 Å². The fraction of sp³-hybridized carbons (Fsp3) is 0.211. The highest BCUT2D eigenvalue weighted by Gasteiger charge is 2.19. The second kappa shape index (κ2) is 7.71. The van der Waals surface area contributed by atoms with E-state index in [1.807, 2.05) is 53.1 Å². The maximum absolute atomic E-state index is 11.2. The predicted octanol–water partition coefficient (Wildman–Crippen LogP) is 2.67. The summed E-state index contributed by atoms with van der Waals surface area (Å²) in [6.45, 7) is 1.25. The molecule has 7 nitrogen and oxygen atoms in total. The third kappa shape index (κ3) is 3.75. The Kier molecular flexibility index (Phi) is 4.97. The highest BCUT2D eigenvalue weighted by atomic mass is 32.2. The molecule has 1 aliphatic heterocycles. The SMILES string of the molecule is NC(=O)CSc1nnc(-c2ccc3c(c2)OCCCO3)n1-c1ccccc1. The van der Waals surface area contributed by atoms with Gasteiger partial charge in [0, 0.05) is 17.7 Å². The van der Waals surface area contributed by atoms with Crippen LogP contribution in [0, 0.1) is 0 Å². The van der Waals surface area contributed by atoms with E-state index >= 15 is 0 Å². The zero-order valence-electron chi connectivity index (χ0n) is 14.5. The molecule has 2 aromatic carbocycles. The van der Waals surface area contributed by atoms with Gasteiger partial charge in [0.25, 0.3) is 0 Å². The first-order chi connectivity index (χ1) is 13.2. The molecule has 0 radical (unpaired) electrons. The third-order valence-corrected chi connectivity index (χ3v) is 4.95. The van der Waals surface area contributed by atoms with E-state index < -0.39 is 5.91 Å². The average molecular weight is 382 g/mol. The summed E-state index contributed by atoms with van der Waals surface area (Å²) < 4.78 is 13.4. The van der Waals surface area contributed by atoms with Crippen LogP contribution in [0.5, 0.6) is 11.5 Å². The molecule has 0 atom stereocenters. The van der Waals surface area contributed by atoms with E-state index in [2.05, 4.69) is 10.2 Å². The molecular weight excluding hydrogens is 364 g/mol. The molecule has 0 unspecified atom stereocenters. The van der Waals surface area contributed by atoms with Crippen molar-refractivity contribution in [1.82, 2.24) is 14.8 Å². The van der Waals surface area contributed by atoms with Crippen LogP contribution >= 0.6 is 11.8 Å². The summed E-state index contributed by atoms with van der Waals surface area (Å²) in [6.07, 6.45) is 0.845. The molecule has 8 heteroatoms. The summed E-state index contributed by atoms with van der Waals surface area (Å²) in [6, 6.07) is 15.5. The molecule has 1 amide bonds. The molecule has 0 saturated carbocycles. The first-order valence-electron chi connectivity index (χ1n) is 8.54. The third-order valence-electron chi connectivity index (χ3n) is 4.00. The van der Waals surface area contributed by atoms with Crippen LogP contribution in [-0.4, -0.2) is 39.6 Å². The fourth-order valence-electron chi connectivity index (χ4n) is 2.80. The highest BCUT2D eigenvalue weighted by molar-refractivity contribution is 7.99. The van der Waals surface area contributed by atoms with Crippen molar-refractivity contribution in [3.8, 4) is 28.6 Å². The minimum absolute atomic E-state index is 0.131. The van der Waals surface area contributed by atoms with Crippen LogP contribution in [0.2, 0.25) is 0 Å². The van der Waals surface area contributed by atoms with Gasteiger partial charge < -0.3 is 15.2 Å². The van der Waals surface area contributed by atoms with E-state index in [1.165, 1.54) is 11.8 Å². The zero-order chi connectivity index (χ0) is 18.6. The number of primary amides is 1. The summed E-state index contributed by atoms with van der Waals surface area (Å²) >= 11 is 1.26. The van der Waals surface area contributed by atoms with Crippen molar-refractivity contribution < 1.29 is 14.3 Å². The van der Waals surface area contributed by atoms with Crippen LogP contribution < -0.4 is 15.2 Å². The van der Waals surface area contributed by atoms with Gasteiger partial charge >= 0.3 is 0 Å². The van der Waals surface area contributed by atoms with E-state index in [4.69, 9.17) is 15.2 Å². The lowest BCUT2D eigenvalue weighted by atomic mass is 10.2. The lowest BCUT2D eigenvalue weighted by Gasteiger charge is -2.12. The fourth-order valence-corrected chi connectivity index (χ4v) is 3.49. The van der Waals surface area contributed by atoms with Crippen LogP contribution in [0.3, 0.4) is 0 Å². The molecule has 1 aromatic heterocycles. The minimum atomic E-state index is -0.403. The molecule has 0 spiro atoms. The molecule has 3 aromatic rings. The molecule has 2 N–H and O–H groups in total. The number of nitrogens with two attached hydrogens (primary N) is 1. The maximum Gasteiger partial charge on any atom is 0.227 e. The highest BCUT2D eigenvalue weighted by Crippen LogP contribution is 2.35. The minimum Gasteiger partial charge on any atom is -0.490 e. The number of rotatable bonds is 5. The van der Waals surface area contributed by atoms with Gasteiger partial charge in [-0.05, 0) is 30.3 Å². The van der Waals surface area contributed by atoms with E-state index in [0.29, 0.717) is 29.9 Å². The van der Waals surface area contributed by atoms with Crippen molar-refractivity contribution >= 4 is 17.7 Å². The molecular formula is C19H18N4O3S. The first kappa shape index (κ1) is 17.4. The second-order valence-electron chi connectivity index (χ2n) is 5.94. The Hall–Kier alpha value is -3.00. The Morgan fingerprint density at radius 3 is 2.63 bits per heavy atom. The number of para-hydroxylation sites is 1. The number of fused-ring (bicyclic) bond motifs is 1. The topological polar surface area (TPSA) is 92.3 Å². The number of thioether (sulfide) groups is 1. The van der Waals surface area contributed by atoms with Crippen molar-refractivity contribution in [1.29, 1.82) is 0 Å². The van der Waals surface area contributed by atoms with E-state index in [-0.39, 0.29) is 5.75 Å². The summed E-state index contributed by atoms with van der Waals surface area (Å²) in [7, 11) is 0. The number of benzene rings is 2. The normalized spacial score (nSPS) is 13.2. The number of ether oxygens (including phenoxy) is 2. The Balaban J connectivity index is 1.78. The monoisotopic (exact) mass is 382 g/mol. The molecule has 2 heterocycles. The van der Waals surface area contributed by atoms with E-state index in [9.17, 15) is 4.79 Å². The van der Waals surface area contributed by atoms with Crippen LogP contribution in [0.1, 0.15) is 6.42 Å². The van der Waals surface area contributed by atoms with Crippen molar-refractivity contribution in [2.75, 3.05) is 19.0 Å². The molecule has 0 aliphatic carbocycles. The number of aromatic nitrogens is 3. The van der Waals surface area contributed by atoms with Gasteiger partial charge in [-0.2, -0.15) is 0 Å². The Morgan fingerprint density at radius 2 is 1.85 bits per heavy atom. The first-order valence-corrected chi connectivity index (χ1v) is 9.53. The van der Waals surface area contributed by atoms with Gasteiger partial charge in [0.15, 0.2) is 22.5 Å². The van der Waals surface area contributed by atoms with Crippen LogP contribution in [0.15, 0.2) is 53.7 Å². The molecule has 0 saturated heterocycles. The van der Waals surface area contributed by atoms with Crippen LogP contribution in [0.4, 0.5) is 0 Å². The summed E-state index contributed by atoms with van der Waals surface area (Å²) in [5.41, 5.74) is 7.04. The average Bonchev–Trinajstić information content (AvgIpc) is 2.97. The van der Waals surface area contributed by atoms with Crippen molar-refractivity contribution in [2.24, 2.45) is 5.73 Å². The Morgan fingerprint density at radius 1 is 1.07 bits per heavy atom. The summed E-state index contributed by atoms with van der Waals surface area (Å²) in [5.74, 6) is 1.81. The maximum atomic E-state index is 11.2. The van der Waals surface area contributed by atoms with Gasteiger partial charge in [0.05, 0.1) is 19.0 Å².